The van der Waals surface area contributed by atoms with E-state index in [-0.39, 0.29) is 18.6 Å². The molecule has 0 bridgehead atoms. The molecule has 0 unspecified atom stereocenters. The second-order valence-corrected chi connectivity index (χ2v) is 4.00. The van der Waals surface area contributed by atoms with Crippen molar-refractivity contribution in [3.05, 3.63) is 0 Å². The molecule has 0 spiro atoms. The minimum absolute atomic E-state index is 0.112. The van der Waals surface area contributed by atoms with Gasteiger partial charge in [-0.05, 0) is 38.1 Å². The van der Waals surface area contributed by atoms with Crippen LogP contribution in [0, 0.1) is 11.3 Å². The SMILES string of the molecule is NCC1CCC(CO)(CO)CC1. The van der Waals surface area contributed by atoms with Gasteiger partial charge >= 0.3 is 0 Å². The van der Waals surface area contributed by atoms with Gasteiger partial charge in [-0.25, -0.2) is 0 Å². The molecule has 3 heteroatoms. The van der Waals surface area contributed by atoms with Crippen LogP contribution in [-0.4, -0.2) is 30.0 Å². The Kier molecular flexibility index (Phi) is 3.50. The predicted octanol–water partition coefficient (Wildman–Crippen LogP) is 0.106. The number of aliphatic hydroxyl groups excluding tert-OH is 2. The van der Waals surface area contributed by atoms with Crippen molar-refractivity contribution in [1.29, 1.82) is 0 Å². The Morgan fingerprint density at radius 1 is 1.17 bits per heavy atom. The minimum Gasteiger partial charge on any atom is -0.396 e. The monoisotopic (exact) mass is 173 g/mol. The summed E-state index contributed by atoms with van der Waals surface area (Å²) in [6.07, 6.45) is 3.94. The van der Waals surface area contributed by atoms with E-state index >= 15 is 0 Å². The Hall–Kier alpha value is -0.120. The zero-order valence-corrected chi connectivity index (χ0v) is 7.50. The summed E-state index contributed by atoms with van der Waals surface area (Å²) in [7, 11) is 0. The zero-order chi connectivity index (χ0) is 9.03. The molecule has 1 aliphatic carbocycles. The van der Waals surface area contributed by atoms with Crippen LogP contribution in [0.3, 0.4) is 0 Å². The van der Waals surface area contributed by atoms with E-state index in [9.17, 15) is 0 Å². The van der Waals surface area contributed by atoms with Gasteiger partial charge in [0, 0.05) is 5.41 Å². The van der Waals surface area contributed by atoms with Crippen molar-refractivity contribution >= 4 is 0 Å². The lowest BCUT2D eigenvalue weighted by molar-refractivity contribution is 0.0119. The number of rotatable bonds is 3. The van der Waals surface area contributed by atoms with Gasteiger partial charge in [-0.2, -0.15) is 0 Å². The first-order valence-corrected chi connectivity index (χ1v) is 4.68. The number of hydrogen-bond donors (Lipinski definition) is 3. The van der Waals surface area contributed by atoms with Crippen LogP contribution in [0.2, 0.25) is 0 Å². The first kappa shape index (κ1) is 9.96. The zero-order valence-electron chi connectivity index (χ0n) is 7.50. The standard InChI is InChI=1S/C9H19NO2/c10-5-8-1-3-9(6-11,7-12)4-2-8/h8,11-12H,1-7,10H2. The molecule has 3 nitrogen and oxygen atoms in total. The first-order chi connectivity index (χ1) is 5.76. The normalized spacial score (nSPS) is 24.2. The predicted molar refractivity (Wildman–Crippen MR) is 47.6 cm³/mol. The molecule has 0 heterocycles. The summed E-state index contributed by atoms with van der Waals surface area (Å²) in [6.45, 7) is 0.967. The molecule has 1 aliphatic rings. The highest BCUT2D eigenvalue weighted by Crippen LogP contribution is 2.37. The number of hydrogen-bond acceptors (Lipinski definition) is 3. The van der Waals surface area contributed by atoms with E-state index in [1.54, 1.807) is 0 Å². The smallest absolute Gasteiger partial charge is 0.0509 e. The van der Waals surface area contributed by atoms with Crippen molar-refractivity contribution in [2.75, 3.05) is 19.8 Å². The fourth-order valence-electron chi connectivity index (χ4n) is 1.89. The van der Waals surface area contributed by atoms with Gasteiger partial charge in [0.05, 0.1) is 13.2 Å². The summed E-state index contributed by atoms with van der Waals surface area (Å²) in [4.78, 5) is 0. The molecule has 0 radical (unpaired) electrons. The van der Waals surface area contributed by atoms with Gasteiger partial charge in [0.2, 0.25) is 0 Å². The molecule has 1 fully saturated rings. The van der Waals surface area contributed by atoms with E-state index < -0.39 is 0 Å². The Balaban J connectivity index is 2.42. The lowest BCUT2D eigenvalue weighted by Crippen LogP contribution is -2.36. The third-order valence-electron chi connectivity index (χ3n) is 3.17. The number of aliphatic hydroxyl groups is 2. The van der Waals surface area contributed by atoms with Crippen LogP contribution in [0.4, 0.5) is 0 Å². The molecule has 0 atom stereocenters. The summed E-state index contributed by atoms with van der Waals surface area (Å²) in [5, 5.41) is 18.2. The van der Waals surface area contributed by atoms with E-state index in [0.717, 1.165) is 32.2 Å². The van der Waals surface area contributed by atoms with Gasteiger partial charge < -0.3 is 15.9 Å². The molecular weight excluding hydrogens is 154 g/mol. The van der Waals surface area contributed by atoms with Gasteiger partial charge in [-0.3, -0.25) is 0 Å². The third kappa shape index (κ3) is 1.97. The Bertz CT molecular complexity index is 124. The summed E-state index contributed by atoms with van der Waals surface area (Å²) >= 11 is 0. The van der Waals surface area contributed by atoms with Gasteiger partial charge in [0.15, 0.2) is 0 Å². The van der Waals surface area contributed by atoms with Crippen LogP contribution in [0.5, 0.6) is 0 Å². The van der Waals surface area contributed by atoms with Crippen LogP contribution >= 0.6 is 0 Å². The van der Waals surface area contributed by atoms with Crippen molar-refractivity contribution < 1.29 is 10.2 Å². The summed E-state index contributed by atoms with van der Waals surface area (Å²) in [6, 6.07) is 0. The largest absolute Gasteiger partial charge is 0.396 e. The second kappa shape index (κ2) is 4.21. The Morgan fingerprint density at radius 2 is 1.67 bits per heavy atom. The van der Waals surface area contributed by atoms with Crippen molar-refractivity contribution in [3.63, 3.8) is 0 Å². The maximum atomic E-state index is 9.11. The average molecular weight is 173 g/mol. The third-order valence-corrected chi connectivity index (χ3v) is 3.17. The molecule has 0 amide bonds. The Labute approximate surface area is 73.6 Å². The van der Waals surface area contributed by atoms with Crippen LogP contribution in [0.15, 0.2) is 0 Å². The summed E-state index contributed by atoms with van der Waals surface area (Å²) in [5.74, 6) is 0.608. The van der Waals surface area contributed by atoms with E-state index in [2.05, 4.69) is 0 Å². The first-order valence-electron chi connectivity index (χ1n) is 4.68. The second-order valence-electron chi connectivity index (χ2n) is 4.00. The molecule has 72 valence electrons. The lowest BCUT2D eigenvalue weighted by atomic mass is 9.71. The van der Waals surface area contributed by atoms with E-state index in [1.807, 2.05) is 0 Å². The molecule has 12 heavy (non-hydrogen) atoms. The van der Waals surface area contributed by atoms with E-state index in [1.165, 1.54) is 0 Å². The molecule has 1 rings (SSSR count). The van der Waals surface area contributed by atoms with Gasteiger partial charge in [0.1, 0.15) is 0 Å². The molecule has 1 saturated carbocycles. The topological polar surface area (TPSA) is 66.5 Å². The van der Waals surface area contributed by atoms with Gasteiger partial charge in [0.25, 0.3) is 0 Å². The minimum atomic E-state index is -0.203. The highest BCUT2D eigenvalue weighted by atomic mass is 16.3. The Morgan fingerprint density at radius 3 is 2.00 bits per heavy atom. The maximum Gasteiger partial charge on any atom is 0.0509 e. The van der Waals surface area contributed by atoms with Gasteiger partial charge in [-0.15, -0.1) is 0 Å². The van der Waals surface area contributed by atoms with Crippen LogP contribution in [0.1, 0.15) is 25.7 Å². The quantitative estimate of drug-likeness (QED) is 0.567. The molecule has 4 N–H and O–H groups in total. The summed E-state index contributed by atoms with van der Waals surface area (Å²) in [5.41, 5.74) is 5.35. The highest BCUT2D eigenvalue weighted by Gasteiger charge is 2.33. The van der Waals surface area contributed by atoms with E-state index in [4.69, 9.17) is 15.9 Å². The fraction of sp³-hybridized carbons (Fsp3) is 1.00. The number of nitrogens with two attached hydrogens (primary N) is 1. The van der Waals surface area contributed by atoms with Crippen LogP contribution in [-0.2, 0) is 0 Å². The lowest BCUT2D eigenvalue weighted by Gasteiger charge is -2.37. The van der Waals surface area contributed by atoms with Crippen molar-refractivity contribution in [1.82, 2.24) is 0 Å². The molecule has 0 saturated heterocycles. The fourth-order valence-corrected chi connectivity index (χ4v) is 1.89. The van der Waals surface area contributed by atoms with Crippen molar-refractivity contribution in [2.24, 2.45) is 17.1 Å². The maximum absolute atomic E-state index is 9.11. The molecular formula is C9H19NO2. The van der Waals surface area contributed by atoms with Crippen molar-refractivity contribution in [3.8, 4) is 0 Å². The molecule has 0 aromatic rings. The van der Waals surface area contributed by atoms with Crippen molar-refractivity contribution in [2.45, 2.75) is 25.7 Å². The molecule has 0 aliphatic heterocycles. The molecule has 0 aromatic heterocycles. The van der Waals surface area contributed by atoms with Gasteiger partial charge in [-0.1, -0.05) is 0 Å². The summed E-state index contributed by atoms with van der Waals surface area (Å²) < 4.78 is 0. The van der Waals surface area contributed by atoms with Crippen LogP contribution < -0.4 is 5.73 Å². The van der Waals surface area contributed by atoms with Crippen LogP contribution in [0.25, 0.3) is 0 Å². The molecule has 0 aromatic carbocycles. The van der Waals surface area contributed by atoms with E-state index in [0.29, 0.717) is 5.92 Å². The highest BCUT2D eigenvalue weighted by molar-refractivity contribution is 4.84. The average Bonchev–Trinajstić information content (AvgIpc) is 2.18.